The summed E-state index contributed by atoms with van der Waals surface area (Å²) in [6, 6.07) is 10.7. The number of fused-ring (bicyclic) bond motifs is 4. The maximum absolute atomic E-state index is 14.7. The lowest BCUT2D eigenvalue weighted by atomic mass is 9.68. The van der Waals surface area contributed by atoms with Crippen molar-refractivity contribution in [3.63, 3.8) is 0 Å². The molecule has 2 bridgehead atoms. The number of amides is 3. The third-order valence-corrected chi connectivity index (χ3v) is 12.2. The first-order valence-electron chi connectivity index (χ1n) is 16.3. The zero-order chi connectivity index (χ0) is 33.6. The van der Waals surface area contributed by atoms with Crippen molar-refractivity contribution in [3.8, 4) is 5.75 Å². The molecule has 254 valence electrons. The number of carbonyl (C=O) groups is 2. The summed E-state index contributed by atoms with van der Waals surface area (Å²) in [5.74, 6) is 0.534. The van der Waals surface area contributed by atoms with E-state index < -0.39 is 27.5 Å². The number of nitrogens with one attached hydrogen (secondary N) is 1. The Balaban J connectivity index is 1.51. The van der Waals surface area contributed by atoms with Gasteiger partial charge in [0.2, 0.25) is 0 Å². The van der Waals surface area contributed by atoms with Gasteiger partial charge in [-0.05, 0) is 99.2 Å². The maximum Gasteiger partial charge on any atom is 0.329 e. The lowest BCUT2D eigenvalue weighted by Gasteiger charge is -2.46. The zero-order valence-corrected chi connectivity index (χ0v) is 29.4. The Kier molecular flexibility index (Phi) is 9.38. The van der Waals surface area contributed by atoms with Crippen molar-refractivity contribution >= 4 is 39.1 Å². The average molecular weight is 685 g/mol. The molecular weight excluding hydrogens is 640 g/mol. The highest BCUT2D eigenvalue weighted by Gasteiger charge is 2.44. The van der Waals surface area contributed by atoms with Crippen LogP contribution < -0.4 is 14.4 Å². The number of urea groups is 1. The number of hydrogen-bond donors (Lipinski definition) is 1. The highest BCUT2D eigenvalue weighted by molar-refractivity contribution is 7.92. The molecule has 3 amide bonds. The van der Waals surface area contributed by atoms with E-state index in [0.29, 0.717) is 30.7 Å². The molecule has 47 heavy (non-hydrogen) atoms. The number of aryl methyl sites for hydroxylation is 1. The third-order valence-electron chi connectivity index (χ3n) is 10.2. The van der Waals surface area contributed by atoms with E-state index in [2.05, 4.69) is 26.1 Å². The van der Waals surface area contributed by atoms with Gasteiger partial charge in [0.25, 0.3) is 5.91 Å². The number of rotatable bonds is 2. The van der Waals surface area contributed by atoms with Crippen LogP contribution in [0.3, 0.4) is 0 Å². The molecule has 0 saturated heterocycles. The van der Waals surface area contributed by atoms with Crippen LogP contribution in [-0.2, 0) is 36.0 Å². The molecule has 1 spiro atoms. The summed E-state index contributed by atoms with van der Waals surface area (Å²) in [6.45, 7) is 5.19. The van der Waals surface area contributed by atoms with E-state index in [-0.39, 0.29) is 23.0 Å². The van der Waals surface area contributed by atoms with Crippen LogP contribution in [-0.4, -0.2) is 80.3 Å². The number of benzene rings is 2. The smallest absolute Gasteiger partial charge is 0.329 e. The second-order valence-electron chi connectivity index (χ2n) is 13.9. The quantitative estimate of drug-likeness (QED) is 0.401. The van der Waals surface area contributed by atoms with Crippen LogP contribution in [0.25, 0.3) is 0 Å². The molecule has 2 aliphatic heterocycles. The Labute approximate surface area is 283 Å². The molecule has 0 radical (unpaired) electrons. The predicted molar refractivity (Wildman–Crippen MR) is 182 cm³/mol. The van der Waals surface area contributed by atoms with E-state index in [9.17, 15) is 13.8 Å². The Morgan fingerprint density at radius 1 is 1.19 bits per heavy atom. The van der Waals surface area contributed by atoms with Crippen molar-refractivity contribution in [3.05, 3.63) is 64.7 Å². The molecule has 0 aromatic heterocycles. The fourth-order valence-electron chi connectivity index (χ4n) is 7.28. The minimum atomic E-state index is -3.79. The van der Waals surface area contributed by atoms with Gasteiger partial charge in [-0.3, -0.25) is 4.79 Å². The summed E-state index contributed by atoms with van der Waals surface area (Å²) in [5, 5.41) is 0.727. The van der Waals surface area contributed by atoms with Gasteiger partial charge in [0.1, 0.15) is 11.4 Å². The van der Waals surface area contributed by atoms with Gasteiger partial charge in [0.05, 0.1) is 29.9 Å². The molecule has 2 aromatic carbocycles. The SMILES string of the molecule is CO[C@H]1C=CCOC(C)(C)C(=O)N=[S@@](=O)(NC(=O)N(C)C)c2ccc3c(c2)N(C[C@@H]2CC[C@H]21)C[C@@]1(CCCc2cc(Cl)ccc21)CO3. The summed E-state index contributed by atoms with van der Waals surface area (Å²) in [4.78, 5) is 30.4. The summed E-state index contributed by atoms with van der Waals surface area (Å²) >= 11 is 6.44. The van der Waals surface area contributed by atoms with E-state index in [0.717, 1.165) is 49.4 Å². The highest BCUT2D eigenvalue weighted by atomic mass is 35.5. The van der Waals surface area contributed by atoms with Crippen LogP contribution in [0.15, 0.2) is 57.8 Å². The molecule has 5 atom stereocenters. The van der Waals surface area contributed by atoms with Crippen LogP contribution in [0.2, 0.25) is 5.02 Å². The van der Waals surface area contributed by atoms with Crippen molar-refractivity contribution in [2.24, 2.45) is 16.2 Å². The number of hydrogen-bond acceptors (Lipinski definition) is 7. The van der Waals surface area contributed by atoms with Gasteiger partial charge >= 0.3 is 6.03 Å². The van der Waals surface area contributed by atoms with Crippen molar-refractivity contribution in [2.45, 2.75) is 68.0 Å². The standard InChI is InChI=1S/C35H45ClN4O6S/c1-34(2)32(41)37-47(43,38-33(42)39(3)4)26-12-15-31-29(19-26)40(20-24-10-13-27(24)30(44-5)9-7-17-46-34)21-35(22-45-31)16-6-8-23-18-25(36)11-14-28(23)35/h7,9,11-12,14-15,18-19,24,27,30H,6,8,10,13,16-17,20-22H2,1-5H3,(H,37,38,41,42,43)/t24-,27+,30-,35-,47+/m0/s1. The summed E-state index contributed by atoms with van der Waals surface area (Å²) < 4.78 is 40.0. The normalized spacial score (nSPS) is 30.1. The van der Waals surface area contributed by atoms with Gasteiger partial charge in [0, 0.05) is 44.7 Å². The fraction of sp³-hybridized carbons (Fsp3) is 0.543. The maximum atomic E-state index is 14.7. The number of carbonyl (C=O) groups excluding carboxylic acids is 2. The van der Waals surface area contributed by atoms with Crippen LogP contribution in [0, 0.1) is 11.8 Å². The fourth-order valence-corrected chi connectivity index (χ4v) is 9.14. The lowest BCUT2D eigenvalue weighted by Crippen LogP contribution is -2.49. The summed E-state index contributed by atoms with van der Waals surface area (Å²) in [7, 11) is 1.03. The molecular formula is C35H45ClN4O6S. The van der Waals surface area contributed by atoms with Crippen molar-refractivity contribution in [1.29, 1.82) is 0 Å². The first-order chi connectivity index (χ1) is 22.3. The van der Waals surface area contributed by atoms with Crippen LogP contribution in [0.1, 0.15) is 50.7 Å². The predicted octanol–water partition coefficient (Wildman–Crippen LogP) is 5.76. The minimum Gasteiger partial charge on any atom is -0.490 e. The second kappa shape index (κ2) is 13.1. The molecule has 1 saturated carbocycles. The van der Waals surface area contributed by atoms with Crippen molar-refractivity contribution in [1.82, 2.24) is 9.62 Å². The zero-order valence-electron chi connectivity index (χ0n) is 27.8. The van der Waals surface area contributed by atoms with Crippen molar-refractivity contribution < 1.29 is 28.0 Å². The molecule has 6 rings (SSSR count). The Morgan fingerprint density at radius 3 is 2.72 bits per heavy atom. The molecule has 0 unspecified atom stereocenters. The molecule has 12 heteroatoms. The van der Waals surface area contributed by atoms with Gasteiger partial charge in [-0.1, -0.05) is 29.8 Å². The minimum absolute atomic E-state index is 0.103. The first-order valence-corrected chi connectivity index (χ1v) is 18.2. The first kappa shape index (κ1) is 33.8. The number of methoxy groups -OCH3 is 1. The van der Waals surface area contributed by atoms with Gasteiger partial charge in [-0.2, -0.15) is 0 Å². The Bertz CT molecular complexity index is 1700. The highest BCUT2D eigenvalue weighted by Crippen LogP contribution is 2.47. The van der Waals surface area contributed by atoms with Gasteiger partial charge < -0.3 is 24.0 Å². The Hall–Kier alpha value is -3.12. The molecule has 2 heterocycles. The van der Waals surface area contributed by atoms with E-state index >= 15 is 0 Å². The van der Waals surface area contributed by atoms with E-state index in [1.54, 1.807) is 53.3 Å². The van der Waals surface area contributed by atoms with E-state index in [1.807, 2.05) is 18.2 Å². The largest absolute Gasteiger partial charge is 0.490 e. The second-order valence-corrected chi connectivity index (χ2v) is 16.3. The van der Waals surface area contributed by atoms with Crippen LogP contribution >= 0.6 is 11.6 Å². The van der Waals surface area contributed by atoms with E-state index in [1.165, 1.54) is 16.0 Å². The van der Waals surface area contributed by atoms with Gasteiger partial charge in [0.15, 0.2) is 9.92 Å². The molecule has 4 aliphatic rings. The van der Waals surface area contributed by atoms with Gasteiger partial charge in [-0.15, -0.1) is 4.36 Å². The number of anilines is 1. The lowest BCUT2D eigenvalue weighted by molar-refractivity contribution is -0.137. The number of nitrogens with zero attached hydrogens (tertiary/aromatic N) is 3. The number of ether oxygens (including phenoxy) is 3. The summed E-state index contributed by atoms with van der Waals surface area (Å²) in [6.07, 6.45) is 8.79. The molecule has 1 fully saturated rings. The summed E-state index contributed by atoms with van der Waals surface area (Å²) in [5.41, 5.74) is 1.56. The van der Waals surface area contributed by atoms with Crippen molar-refractivity contribution in [2.75, 3.05) is 52.4 Å². The van der Waals surface area contributed by atoms with Crippen LogP contribution in [0.4, 0.5) is 10.5 Å². The molecule has 2 aromatic rings. The Morgan fingerprint density at radius 2 is 2.00 bits per heavy atom. The molecule has 2 aliphatic carbocycles. The molecule has 10 nitrogen and oxygen atoms in total. The topological polar surface area (TPSA) is 110 Å². The average Bonchev–Trinajstić information content (AvgIpc) is 3.16. The van der Waals surface area contributed by atoms with Crippen LogP contribution in [0.5, 0.6) is 5.75 Å². The monoisotopic (exact) mass is 684 g/mol. The number of halogens is 1. The van der Waals surface area contributed by atoms with Gasteiger partial charge in [-0.25, -0.2) is 13.7 Å². The van der Waals surface area contributed by atoms with E-state index in [4.69, 9.17) is 25.8 Å². The molecule has 1 N–H and O–H groups in total. The third kappa shape index (κ3) is 6.64.